The number of hydrogen-bond donors (Lipinski definition) is 1. The molecule has 1 saturated heterocycles. The zero-order valence-electron chi connectivity index (χ0n) is 12.8. The lowest BCUT2D eigenvalue weighted by Crippen LogP contribution is -2.38. The quantitative estimate of drug-likeness (QED) is 0.909. The first-order valence-electron chi connectivity index (χ1n) is 7.72. The maximum atomic E-state index is 12.8. The lowest BCUT2D eigenvalue weighted by molar-refractivity contribution is 0.0500. The molecule has 0 spiro atoms. The van der Waals surface area contributed by atoms with Gasteiger partial charge in [-0.3, -0.25) is 14.6 Å². The van der Waals surface area contributed by atoms with Crippen molar-refractivity contribution in [2.24, 2.45) is 0 Å². The van der Waals surface area contributed by atoms with Crippen LogP contribution >= 0.6 is 0 Å². The summed E-state index contributed by atoms with van der Waals surface area (Å²) < 4.78 is 5.64. The molecular weight excluding hydrogens is 294 g/mol. The van der Waals surface area contributed by atoms with E-state index < -0.39 is 0 Å². The lowest BCUT2D eigenvalue weighted by atomic mass is 10.2. The highest BCUT2D eigenvalue weighted by Crippen LogP contribution is 2.16. The number of aromatic amines is 1. The fourth-order valence-electron chi connectivity index (χ4n) is 2.68. The standard InChI is InChI=1S/C17H19N3O3/c21-16-8-3-7-15(19-16)17(22)20(12-14-6-4-10-23-14)11-13-5-1-2-9-18-13/h1-3,5,7-9,14H,4,6,10-12H2,(H,19,21). The van der Waals surface area contributed by atoms with Crippen molar-refractivity contribution in [3.63, 3.8) is 0 Å². The molecule has 1 unspecified atom stereocenters. The van der Waals surface area contributed by atoms with E-state index in [4.69, 9.17) is 4.74 Å². The Morgan fingerprint density at radius 1 is 1.30 bits per heavy atom. The number of carbonyl (C=O) groups is 1. The molecule has 1 aliphatic rings. The third kappa shape index (κ3) is 4.04. The van der Waals surface area contributed by atoms with Crippen molar-refractivity contribution >= 4 is 5.91 Å². The molecule has 2 aromatic heterocycles. The zero-order chi connectivity index (χ0) is 16.1. The zero-order valence-corrected chi connectivity index (χ0v) is 12.8. The second kappa shape index (κ2) is 7.19. The van der Waals surface area contributed by atoms with Gasteiger partial charge in [-0.05, 0) is 31.0 Å². The average Bonchev–Trinajstić information content (AvgIpc) is 3.08. The van der Waals surface area contributed by atoms with Crippen molar-refractivity contribution in [2.45, 2.75) is 25.5 Å². The normalized spacial score (nSPS) is 17.1. The highest BCUT2D eigenvalue weighted by atomic mass is 16.5. The predicted octanol–water partition coefficient (Wildman–Crippen LogP) is 1.59. The van der Waals surface area contributed by atoms with Gasteiger partial charge in [0.1, 0.15) is 5.69 Å². The summed E-state index contributed by atoms with van der Waals surface area (Å²) in [7, 11) is 0. The van der Waals surface area contributed by atoms with Crippen LogP contribution in [0.2, 0.25) is 0 Å². The largest absolute Gasteiger partial charge is 0.376 e. The van der Waals surface area contributed by atoms with Gasteiger partial charge in [-0.1, -0.05) is 12.1 Å². The molecule has 1 fully saturated rings. The third-order valence-corrected chi connectivity index (χ3v) is 3.81. The van der Waals surface area contributed by atoms with E-state index in [-0.39, 0.29) is 23.3 Å². The van der Waals surface area contributed by atoms with E-state index in [1.54, 1.807) is 23.2 Å². The molecule has 2 aromatic rings. The Kier molecular flexibility index (Phi) is 4.83. The molecule has 0 saturated carbocycles. The Balaban J connectivity index is 1.81. The molecule has 3 rings (SSSR count). The fourth-order valence-corrected chi connectivity index (χ4v) is 2.68. The van der Waals surface area contributed by atoms with Crippen LogP contribution in [0.5, 0.6) is 0 Å². The van der Waals surface area contributed by atoms with Crippen molar-refractivity contribution in [3.05, 3.63) is 64.3 Å². The lowest BCUT2D eigenvalue weighted by Gasteiger charge is -2.25. The summed E-state index contributed by atoms with van der Waals surface area (Å²) in [6, 6.07) is 10.2. The van der Waals surface area contributed by atoms with Crippen LogP contribution in [-0.4, -0.2) is 40.0 Å². The van der Waals surface area contributed by atoms with Crippen LogP contribution in [0.1, 0.15) is 29.0 Å². The number of H-pyrrole nitrogens is 1. The monoisotopic (exact) mass is 313 g/mol. The molecule has 120 valence electrons. The summed E-state index contributed by atoms with van der Waals surface area (Å²) in [5.74, 6) is -0.219. The summed E-state index contributed by atoms with van der Waals surface area (Å²) in [6.07, 6.45) is 3.70. The molecule has 1 N–H and O–H groups in total. The molecule has 6 heteroatoms. The minimum absolute atomic E-state index is 0.0399. The second-order valence-corrected chi connectivity index (χ2v) is 5.57. The molecule has 1 amide bonds. The van der Waals surface area contributed by atoms with E-state index in [0.29, 0.717) is 13.1 Å². The third-order valence-electron chi connectivity index (χ3n) is 3.81. The fraction of sp³-hybridized carbons (Fsp3) is 0.353. The van der Waals surface area contributed by atoms with E-state index in [1.165, 1.54) is 6.07 Å². The van der Waals surface area contributed by atoms with Gasteiger partial charge in [0, 0.05) is 25.4 Å². The Hall–Kier alpha value is -2.47. The number of ether oxygens (including phenoxy) is 1. The first kappa shape index (κ1) is 15.4. The van der Waals surface area contributed by atoms with Crippen molar-refractivity contribution in [2.75, 3.05) is 13.2 Å². The Morgan fingerprint density at radius 3 is 2.91 bits per heavy atom. The first-order valence-corrected chi connectivity index (χ1v) is 7.72. The van der Waals surface area contributed by atoms with Gasteiger partial charge in [-0.25, -0.2) is 0 Å². The Bertz CT molecular complexity index is 708. The van der Waals surface area contributed by atoms with Gasteiger partial charge in [0.25, 0.3) is 5.91 Å². The number of hydrogen-bond acceptors (Lipinski definition) is 4. The predicted molar refractivity (Wildman–Crippen MR) is 85.0 cm³/mol. The molecule has 0 bridgehead atoms. The molecule has 1 aliphatic heterocycles. The summed E-state index contributed by atoms with van der Waals surface area (Å²) in [4.78, 5) is 32.8. The molecule has 0 aliphatic carbocycles. The highest BCUT2D eigenvalue weighted by Gasteiger charge is 2.24. The van der Waals surface area contributed by atoms with Crippen LogP contribution in [-0.2, 0) is 11.3 Å². The van der Waals surface area contributed by atoms with Crippen molar-refractivity contribution < 1.29 is 9.53 Å². The van der Waals surface area contributed by atoms with E-state index in [0.717, 1.165) is 25.1 Å². The highest BCUT2D eigenvalue weighted by molar-refractivity contribution is 5.92. The SMILES string of the molecule is O=C(c1cccc(=O)[nH]1)N(Cc1ccccn1)CC1CCCO1. The summed E-state index contributed by atoms with van der Waals surface area (Å²) in [5.41, 5.74) is 0.800. The van der Waals surface area contributed by atoms with E-state index in [9.17, 15) is 9.59 Å². The van der Waals surface area contributed by atoms with E-state index in [2.05, 4.69) is 9.97 Å². The van der Waals surface area contributed by atoms with Crippen molar-refractivity contribution in [3.8, 4) is 0 Å². The topological polar surface area (TPSA) is 75.3 Å². The number of pyridine rings is 2. The van der Waals surface area contributed by atoms with Gasteiger partial charge in [0.15, 0.2) is 0 Å². The van der Waals surface area contributed by atoms with Crippen LogP contribution < -0.4 is 5.56 Å². The molecule has 0 aromatic carbocycles. The Labute approximate surface area is 134 Å². The van der Waals surface area contributed by atoms with E-state index in [1.807, 2.05) is 18.2 Å². The molecule has 3 heterocycles. The van der Waals surface area contributed by atoms with Crippen LogP contribution in [0, 0.1) is 0 Å². The molecule has 1 atom stereocenters. The summed E-state index contributed by atoms with van der Waals surface area (Å²) in [6.45, 7) is 1.61. The van der Waals surface area contributed by atoms with Crippen LogP contribution in [0.4, 0.5) is 0 Å². The van der Waals surface area contributed by atoms with Crippen molar-refractivity contribution in [1.29, 1.82) is 0 Å². The number of nitrogens with one attached hydrogen (secondary N) is 1. The Morgan fingerprint density at radius 2 is 2.22 bits per heavy atom. The summed E-state index contributed by atoms with van der Waals surface area (Å²) >= 11 is 0. The number of amides is 1. The van der Waals surface area contributed by atoms with Gasteiger partial charge in [-0.15, -0.1) is 0 Å². The smallest absolute Gasteiger partial charge is 0.270 e. The maximum absolute atomic E-state index is 12.8. The number of rotatable bonds is 5. The van der Waals surface area contributed by atoms with Gasteiger partial charge in [-0.2, -0.15) is 0 Å². The number of aromatic nitrogens is 2. The van der Waals surface area contributed by atoms with Crippen molar-refractivity contribution in [1.82, 2.24) is 14.9 Å². The van der Waals surface area contributed by atoms with Gasteiger partial charge in [0.2, 0.25) is 5.56 Å². The number of carbonyl (C=O) groups excluding carboxylic acids is 1. The molecule has 0 radical (unpaired) electrons. The second-order valence-electron chi connectivity index (χ2n) is 5.57. The molecule has 23 heavy (non-hydrogen) atoms. The first-order chi connectivity index (χ1) is 11.2. The molecule has 6 nitrogen and oxygen atoms in total. The van der Waals surface area contributed by atoms with Crippen LogP contribution in [0.25, 0.3) is 0 Å². The van der Waals surface area contributed by atoms with E-state index >= 15 is 0 Å². The molecular formula is C17H19N3O3. The van der Waals surface area contributed by atoms with Gasteiger partial charge in [0.05, 0.1) is 18.3 Å². The summed E-state index contributed by atoms with van der Waals surface area (Å²) in [5, 5.41) is 0. The average molecular weight is 313 g/mol. The number of nitrogens with zero attached hydrogens (tertiary/aromatic N) is 2. The minimum atomic E-state index is -0.286. The van der Waals surface area contributed by atoms with Crippen LogP contribution in [0.15, 0.2) is 47.4 Å². The minimum Gasteiger partial charge on any atom is -0.376 e. The maximum Gasteiger partial charge on any atom is 0.270 e. The van der Waals surface area contributed by atoms with Crippen LogP contribution in [0.3, 0.4) is 0 Å². The van der Waals surface area contributed by atoms with Gasteiger partial charge >= 0.3 is 0 Å². The van der Waals surface area contributed by atoms with Gasteiger partial charge < -0.3 is 14.6 Å².